The first kappa shape index (κ1) is 15.4. The molecule has 3 atom stereocenters. The molecular formula is C22H25NO. The number of fused-ring (bicyclic) bond motifs is 2. The summed E-state index contributed by atoms with van der Waals surface area (Å²) in [4.78, 5) is 12.5. The number of nitrogens with one attached hydrogen (secondary N) is 1. The van der Waals surface area contributed by atoms with Crippen molar-refractivity contribution in [3.63, 3.8) is 0 Å². The van der Waals surface area contributed by atoms with Crippen LogP contribution in [0, 0.1) is 18.8 Å². The van der Waals surface area contributed by atoms with E-state index < -0.39 is 0 Å². The number of hydrogen-bond acceptors (Lipinski definition) is 1. The normalized spacial score (nSPS) is 25.0. The summed E-state index contributed by atoms with van der Waals surface area (Å²) in [5, 5.41) is 3.20. The molecule has 2 aliphatic rings. The second-order valence-corrected chi connectivity index (χ2v) is 7.58. The van der Waals surface area contributed by atoms with Gasteiger partial charge < -0.3 is 5.32 Å². The van der Waals surface area contributed by atoms with Crippen LogP contribution in [-0.2, 0) is 11.2 Å². The van der Waals surface area contributed by atoms with Crippen LogP contribution in [0.15, 0.2) is 48.5 Å². The maximum atomic E-state index is 12.5. The van der Waals surface area contributed by atoms with Crippen LogP contribution in [0.1, 0.15) is 48.3 Å². The molecule has 24 heavy (non-hydrogen) atoms. The molecule has 2 unspecified atom stereocenters. The van der Waals surface area contributed by atoms with E-state index in [9.17, 15) is 4.79 Å². The van der Waals surface area contributed by atoms with Crippen molar-refractivity contribution in [3.05, 3.63) is 65.2 Å². The lowest BCUT2D eigenvalue weighted by Crippen LogP contribution is -2.18. The van der Waals surface area contributed by atoms with E-state index in [2.05, 4.69) is 30.4 Å². The van der Waals surface area contributed by atoms with E-state index in [0.29, 0.717) is 12.3 Å². The standard InChI is InChI=1S/C22H25NO/c1-15-7-10-19(20-13-17-8-9-18(20)12-17)21(11-15)23-22(24)14-16-5-3-2-4-6-16/h2-7,10-11,17-18,20H,8-9,12-14H2,1H3,(H,23,24)/t17?,18?,20-/m0/s1. The number of anilines is 1. The minimum absolute atomic E-state index is 0.0798. The highest BCUT2D eigenvalue weighted by atomic mass is 16.1. The number of aryl methyl sites for hydroxylation is 1. The number of benzene rings is 2. The van der Waals surface area contributed by atoms with Crippen LogP contribution in [-0.4, -0.2) is 5.91 Å². The molecule has 2 nitrogen and oxygen atoms in total. The Morgan fingerprint density at radius 1 is 1.08 bits per heavy atom. The fourth-order valence-corrected chi connectivity index (χ4v) is 4.70. The molecule has 124 valence electrons. The van der Waals surface area contributed by atoms with Gasteiger partial charge in [0.25, 0.3) is 0 Å². The molecule has 2 bridgehead atoms. The lowest BCUT2D eigenvalue weighted by Gasteiger charge is -2.25. The smallest absolute Gasteiger partial charge is 0.228 e. The van der Waals surface area contributed by atoms with Crippen molar-refractivity contribution >= 4 is 11.6 Å². The lowest BCUT2D eigenvalue weighted by molar-refractivity contribution is -0.115. The molecule has 2 heteroatoms. The van der Waals surface area contributed by atoms with Crippen LogP contribution in [0.4, 0.5) is 5.69 Å². The fraction of sp³-hybridized carbons (Fsp3) is 0.409. The summed E-state index contributed by atoms with van der Waals surface area (Å²) >= 11 is 0. The first-order chi connectivity index (χ1) is 11.7. The third-order valence-corrected chi connectivity index (χ3v) is 5.83. The van der Waals surface area contributed by atoms with E-state index in [-0.39, 0.29) is 5.91 Å². The number of carbonyl (C=O) groups excluding carboxylic acids is 1. The Morgan fingerprint density at radius 3 is 2.62 bits per heavy atom. The zero-order chi connectivity index (χ0) is 16.5. The molecular weight excluding hydrogens is 294 g/mol. The molecule has 0 aromatic heterocycles. The van der Waals surface area contributed by atoms with Gasteiger partial charge in [-0.25, -0.2) is 0 Å². The minimum atomic E-state index is 0.0798. The zero-order valence-corrected chi connectivity index (χ0v) is 14.3. The Labute approximate surface area is 144 Å². The molecule has 2 aliphatic carbocycles. The van der Waals surface area contributed by atoms with Crippen molar-refractivity contribution in [2.45, 2.75) is 44.9 Å². The van der Waals surface area contributed by atoms with E-state index in [1.165, 1.54) is 36.8 Å². The van der Waals surface area contributed by atoms with Gasteiger partial charge in [0.15, 0.2) is 0 Å². The van der Waals surface area contributed by atoms with Gasteiger partial charge in [-0.15, -0.1) is 0 Å². The lowest BCUT2D eigenvalue weighted by atomic mass is 9.82. The highest BCUT2D eigenvalue weighted by molar-refractivity contribution is 5.93. The van der Waals surface area contributed by atoms with Crippen molar-refractivity contribution in [2.75, 3.05) is 5.32 Å². The molecule has 1 amide bonds. The van der Waals surface area contributed by atoms with Gasteiger partial charge in [-0.1, -0.05) is 48.9 Å². The minimum Gasteiger partial charge on any atom is -0.326 e. The molecule has 0 spiro atoms. The van der Waals surface area contributed by atoms with E-state index >= 15 is 0 Å². The maximum absolute atomic E-state index is 12.5. The Balaban J connectivity index is 1.54. The quantitative estimate of drug-likeness (QED) is 0.836. The summed E-state index contributed by atoms with van der Waals surface area (Å²) in [7, 11) is 0. The monoisotopic (exact) mass is 319 g/mol. The van der Waals surface area contributed by atoms with Crippen LogP contribution >= 0.6 is 0 Å². The first-order valence-corrected chi connectivity index (χ1v) is 9.13. The number of hydrogen-bond donors (Lipinski definition) is 1. The van der Waals surface area contributed by atoms with Gasteiger partial charge in [-0.2, -0.15) is 0 Å². The predicted molar refractivity (Wildman–Crippen MR) is 98.1 cm³/mol. The fourth-order valence-electron chi connectivity index (χ4n) is 4.70. The van der Waals surface area contributed by atoms with Crippen molar-refractivity contribution in [1.29, 1.82) is 0 Å². The summed E-state index contributed by atoms with van der Waals surface area (Å²) in [6.07, 6.45) is 5.89. The number of rotatable bonds is 4. The molecule has 1 N–H and O–H groups in total. The van der Waals surface area contributed by atoms with Crippen molar-refractivity contribution < 1.29 is 4.79 Å². The number of carbonyl (C=O) groups is 1. The summed E-state index contributed by atoms with van der Waals surface area (Å²) in [6, 6.07) is 16.5. The van der Waals surface area contributed by atoms with Crippen LogP contribution in [0.5, 0.6) is 0 Å². The third-order valence-electron chi connectivity index (χ3n) is 5.83. The molecule has 2 fully saturated rings. The number of amides is 1. The zero-order valence-electron chi connectivity index (χ0n) is 14.3. The molecule has 2 aromatic rings. The largest absolute Gasteiger partial charge is 0.326 e. The van der Waals surface area contributed by atoms with Crippen LogP contribution in [0.3, 0.4) is 0 Å². The molecule has 0 aliphatic heterocycles. The summed E-state index contributed by atoms with van der Waals surface area (Å²) in [5.74, 6) is 2.45. The van der Waals surface area contributed by atoms with Gasteiger partial charge in [-0.05, 0) is 66.7 Å². The maximum Gasteiger partial charge on any atom is 0.228 e. The highest BCUT2D eigenvalue weighted by Gasteiger charge is 2.40. The highest BCUT2D eigenvalue weighted by Crippen LogP contribution is 2.54. The molecule has 0 heterocycles. The van der Waals surface area contributed by atoms with Crippen molar-refractivity contribution in [1.82, 2.24) is 0 Å². The Kier molecular flexibility index (Phi) is 4.13. The molecule has 4 rings (SSSR count). The summed E-state index contributed by atoms with van der Waals surface area (Å²) in [6.45, 7) is 2.09. The molecule has 0 radical (unpaired) electrons. The third kappa shape index (κ3) is 3.10. The molecule has 2 saturated carbocycles. The summed E-state index contributed by atoms with van der Waals surface area (Å²) in [5.41, 5.74) is 4.66. The van der Waals surface area contributed by atoms with Gasteiger partial charge >= 0.3 is 0 Å². The SMILES string of the molecule is Cc1ccc([C@H]2CC3CCC2C3)c(NC(=O)Cc2ccccc2)c1. The first-order valence-electron chi connectivity index (χ1n) is 9.13. The predicted octanol–water partition coefficient (Wildman–Crippen LogP) is 5.08. The average Bonchev–Trinajstić information content (AvgIpc) is 3.19. The molecule has 2 aromatic carbocycles. The van der Waals surface area contributed by atoms with Crippen molar-refractivity contribution in [2.24, 2.45) is 11.8 Å². The van der Waals surface area contributed by atoms with E-state index in [0.717, 1.165) is 23.1 Å². The van der Waals surface area contributed by atoms with Crippen molar-refractivity contribution in [3.8, 4) is 0 Å². The second kappa shape index (κ2) is 6.43. The van der Waals surface area contributed by atoms with E-state index in [1.54, 1.807) is 0 Å². The Morgan fingerprint density at radius 2 is 1.92 bits per heavy atom. The van der Waals surface area contributed by atoms with E-state index in [1.807, 2.05) is 30.3 Å². The Hall–Kier alpha value is -2.09. The average molecular weight is 319 g/mol. The van der Waals surface area contributed by atoms with E-state index in [4.69, 9.17) is 0 Å². The van der Waals surface area contributed by atoms with Crippen LogP contribution in [0.25, 0.3) is 0 Å². The van der Waals surface area contributed by atoms with Crippen LogP contribution < -0.4 is 5.32 Å². The van der Waals surface area contributed by atoms with Gasteiger partial charge in [0, 0.05) is 5.69 Å². The van der Waals surface area contributed by atoms with Gasteiger partial charge in [0.2, 0.25) is 5.91 Å². The van der Waals surface area contributed by atoms with Gasteiger partial charge in [0.1, 0.15) is 0 Å². The van der Waals surface area contributed by atoms with Gasteiger partial charge in [0.05, 0.1) is 6.42 Å². The second-order valence-electron chi connectivity index (χ2n) is 7.58. The molecule has 0 saturated heterocycles. The Bertz CT molecular complexity index is 737. The topological polar surface area (TPSA) is 29.1 Å². The van der Waals surface area contributed by atoms with Gasteiger partial charge in [-0.3, -0.25) is 4.79 Å². The summed E-state index contributed by atoms with van der Waals surface area (Å²) < 4.78 is 0. The van der Waals surface area contributed by atoms with Crippen LogP contribution in [0.2, 0.25) is 0 Å².